The van der Waals surface area contributed by atoms with E-state index in [1.807, 2.05) is 0 Å². The van der Waals surface area contributed by atoms with Crippen LogP contribution in [0.4, 0.5) is 5.69 Å². The number of amides is 1. The van der Waals surface area contributed by atoms with Gasteiger partial charge < -0.3 is 5.32 Å². The fourth-order valence-corrected chi connectivity index (χ4v) is 2.61. The zero-order valence-corrected chi connectivity index (χ0v) is 15.5. The van der Waals surface area contributed by atoms with E-state index in [0.717, 1.165) is 4.47 Å². The first-order valence-corrected chi connectivity index (χ1v) is 8.23. The summed E-state index contributed by atoms with van der Waals surface area (Å²) in [6, 6.07) is 9.90. The molecule has 0 atom stereocenters. The zero-order valence-electron chi connectivity index (χ0n) is 10.8. The summed E-state index contributed by atoms with van der Waals surface area (Å²) >= 11 is 26.2. The molecule has 0 aliphatic carbocycles. The van der Waals surface area contributed by atoms with Gasteiger partial charge in [-0.15, -0.1) is 0 Å². The molecule has 3 nitrogen and oxygen atoms in total. The molecule has 22 heavy (non-hydrogen) atoms. The highest BCUT2D eigenvalue weighted by Crippen LogP contribution is 2.32. The van der Waals surface area contributed by atoms with Crippen molar-refractivity contribution in [2.45, 2.75) is 0 Å². The molecule has 2 aromatic carbocycles. The van der Waals surface area contributed by atoms with Crippen LogP contribution in [0.5, 0.6) is 0 Å². The summed E-state index contributed by atoms with van der Waals surface area (Å²) in [5, 5.41) is 6.47. The molecular formula is C14H8BrCl3N2OS. The fourth-order valence-electron chi connectivity index (χ4n) is 1.55. The lowest BCUT2D eigenvalue weighted by atomic mass is 10.2. The van der Waals surface area contributed by atoms with Crippen LogP contribution in [-0.4, -0.2) is 11.0 Å². The molecule has 1 amide bonds. The second-order valence-corrected chi connectivity index (χ2v) is 6.71. The van der Waals surface area contributed by atoms with Gasteiger partial charge >= 0.3 is 0 Å². The number of carbonyl (C=O) groups is 1. The van der Waals surface area contributed by atoms with E-state index < -0.39 is 0 Å². The van der Waals surface area contributed by atoms with Crippen molar-refractivity contribution < 1.29 is 4.79 Å². The Kier molecular flexibility index (Phi) is 6.06. The monoisotopic (exact) mass is 436 g/mol. The van der Waals surface area contributed by atoms with E-state index in [9.17, 15) is 4.79 Å². The van der Waals surface area contributed by atoms with Crippen LogP contribution in [0.3, 0.4) is 0 Å². The maximum Gasteiger partial charge on any atom is 0.257 e. The lowest BCUT2D eigenvalue weighted by molar-refractivity contribution is 0.0977. The molecule has 8 heteroatoms. The molecule has 0 fully saturated rings. The minimum absolute atomic E-state index is 0.105. The van der Waals surface area contributed by atoms with Crippen LogP contribution in [0.25, 0.3) is 0 Å². The quantitative estimate of drug-likeness (QED) is 0.478. The van der Waals surface area contributed by atoms with E-state index in [1.54, 1.807) is 24.3 Å². The maximum absolute atomic E-state index is 12.0. The fraction of sp³-hybridized carbons (Fsp3) is 0. The molecule has 2 aromatic rings. The van der Waals surface area contributed by atoms with Gasteiger partial charge in [0.2, 0.25) is 0 Å². The molecule has 0 aliphatic rings. The summed E-state index contributed by atoms with van der Waals surface area (Å²) in [4.78, 5) is 12.0. The van der Waals surface area contributed by atoms with Gasteiger partial charge in [0.1, 0.15) is 0 Å². The summed E-state index contributed by atoms with van der Waals surface area (Å²) < 4.78 is 0.882. The normalized spacial score (nSPS) is 10.2. The number of halogens is 4. The van der Waals surface area contributed by atoms with Crippen LogP contribution in [0.1, 0.15) is 10.4 Å². The van der Waals surface area contributed by atoms with E-state index in [1.165, 1.54) is 12.1 Å². The first-order chi connectivity index (χ1) is 10.4. The molecule has 114 valence electrons. The van der Waals surface area contributed by atoms with Crippen LogP contribution in [0.2, 0.25) is 15.1 Å². The number of nitrogens with one attached hydrogen (secondary N) is 2. The molecular weight excluding hydrogens is 430 g/mol. The van der Waals surface area contributed by atoms with Gasteiger partial charge in [-0.05, 0) is 48.6 Å². The minimum Gasteiger partial charge on any atom is -0.331 e. The molecule has 2 N–H and O–H groups in total. The number of hydrogen-bond acceptors (Lipinski definition) is 2. The van der Waals surface area contributed by atoms with Crippen molar-refractivity contribution in [1.82, 2.24) is 5.32 Å². The van der Waals surface area contributed by atoms with E-state index in [-0.39, 0.29) is 11.0 Å². The highest BCUT2D eigenvalue weighted by molar-refractivity contribution is 9.10. The second kappa shape index (κ2) is 7.62. The largest absolute Gasteiger partial charge is 0.331 e. The zero-order chi connectivity index (χ0) is 16.3. The maximum atomic E-state index is 12.0. The number of hydrogen-bond donors (Lipinski definition) is 2. The Morgan fingerprint density at radius 2 is 1.59 bits per heavy atom. The number of benzene rings is 2. The van der Waals surface area contributed by atoms with Crippen LogP contribution < -0.4 is 10.6 Å². The Labute approximate surface area is 156 Å². The lowest BCUT2D eigenvalue weighted by Crippen LogP contribution is -2.34. The summed E-state index contributed by atoms with van der Waals surface area (Å²) in [6.45, 7) is 0. The molecule has 0 spiro atoms. The van der Waals surface area contributed by atoms with Gasteiger partial charge in [-0.3, -0.25) is 10.1 Å². The predicted octanol–water partition coefficient (Wildman–Crippen LogP) is 5.54. The molecule has 0 saturated heterocycles. The van der Waals surface area contributed by atoms with Crippen LogP contribution in [-0.2, 0) is 0 Å². The summed E-state index contributed by atoms with van der Waals surface area (Å²) in [6.07, 6.45) is 0. The molecule has 0 radical (unpaired) electrons. The summed E-state index contributed by atoms with van der Waals surface area (Å²) in [7, 11) is 0. The highest BCUT2D eigenvalue weighted by Gasteiger charge is 2.11. The SMILES string of the molecule is O=C(NC(=S)Nc1cc(Cl)c(Cl)cc1Cl)c1ccc(Br)cc1. The average Bonchev–Trinajstić information content (AvgIpc) is 2.45. The highest BCUT2D eigenvalue weighted by atomic mass is 79.9. The minimum atomic E-state index is -0.332. The molecule has 2 rings (SSSR count). The Balaban J connectivity index is 2.05. The first kappa shape index (κ1) is 17.5. The Morgan fingerprint density at radius 1 is 1.00 bits per heavy atom. The van der Waals surface area contributed by atoms with Crippen molar-refractivity contribution in [3.05, 3.63) is 61.5 Å². The smallest absolute Gasteiger partial charge is 0.257 e. The molecule has 0 aromatic heterocycles. The molecule has 0 unspecified atom stereocenters. The topological polar surface area (TPSA) is 41.1 Å². The van der Waals surface area contributed by atoms with Crippen molar-refractivity contribution in [3.63, 3.8) is 0 Å². The Morgan fingerprint density at radius 3 is 2.23 bits per heavy atom. The van der Waals surface area contributed by atoms with Gasteiger partial charge in [0.05, 0.1) is 20.8 Å². The van der Waals surface area contributed by atoms with Gasteiger partial charge in [-0.2, -0.15) is 0 Å². The van der Waals surface area contributed by atoms with Gasteiger partial charge in [-0.1, -0.05) is 50.7 Å². The standard InChI is InChI=1S/C14H8BrCl3N2OS/c15-8-3-1-7(2-4-8)13(21)20-14(22)19-12-6-10(17)9(16)5-11(12)18/h1-6H,(H2,19,20,21,22). The number of anilines is 1. The predicted molar refractivity (Wildman–Crippen MR) is 99.3 cm³/mol. The Hall–Kier alpha value is -0.850. The van der Waals surface area contributed by atoms with E-state index >= 15 is 0 Å². The third-order valence-corrected chi connectivity index (χ3v) is 4.36. The average molecular weight is 439 g/mol. The van der Waals surface area contributed by atoms with Crippen molar-refractivity contribution in [1.29, 1.82) is 0 Å². The van der Waals surface area contributed by atoms with Crippen molar-refractivity contribution in [3.8, 4) is 0 Å². The molecule has 0 bridgehead atoms. The molecule has 0 saturated carbocycles. The van der Waals surface area contributed by atoms with Crippen LogP contribution in [0.15, 0.2) is 40.9 Å². The van der Waals surface area contributed by atoms with Gasteiger partial charge in [-0.25, -0.2) is 0 Å². The molecule has 0 heterocycles. The summed E-state index contributed by atoms with van der Waals surface area (Å²) in [5.74, 6) is -0.332. The van der Waals surface area contributed by atoms with E-state index in [4.69, 9.17) is 47.0 Å². The van der Waals surface area contributed by atoms with Gasteiger partial charge in [0.25, 0.3) is 5.91 Å². The van der Waals surface area contributed by atoms with Crippen molar-refractivity contribution in [2.75, 3.05) is 5.32 Å². The lowest BCUT2D eigenvalue weighted by Gasteiger charge is -2.12. The summed E-state index contributed by atoms with van der Waals surface area (Å²) in [5.41, 5.74) is 0.935. The third-order valence-electron chi connectivity index (χ3n) is 2.59. The van der Waals surface area contributed by atoms with Gasteiger partial charge in [0, 0.05) is 10.0 Å². The van der Waals surface area contributed by atoms with Crippen molar-refractivity contribution >= 4 is 79.7 Å². The number of rotatable bonds is 2. The Bertz CT molecular complexity index is 738. The second-order valence-electron chi connectivity index (χ2n) is 4.16. The van der Waals surface area contributed by atoms with E-state index in [2.05, 4.69) is 26.6 Å². The van der Waals surface area contributed by atoms with E-state index in [0.29, 0.717) is 26.3 Å². The third kappa shape index (κ3) is 4.57. The van der Waals surface area contributed by atoms with Gasteiger partial charge in [0.15, 0.2) is 5.11 Å². The van der Waals surface area contributed by atoms with Crippen LogP contribution >= 0.6 is 63.0 Å². The first-order valence-electron chi connectivity index (χ1n) is 5.89. The van der Waals surface area contributed by atoms with Crippen LogP contribution in [0, 0.1) is 0 Å². The molecule has 0 aliphatic heterocycles. The number of thiocarbonyl (C=S) groups is 1. The van der Waals surface area contributed by atoms with Crippen molar-refractivity contribution in [2.24, 2.45) is 0 Å². The number of carbonyl (C=O) groups excluding carboxylic acids is 1.